The molecule has 0 radical (unpaired) electrons. The minimum atomic E-state index is 0.00318. The molecule has 0 bridgehead atoms. The Morgan fingerprint density at radius 2 is 1.85 bits per heavy atom. The van der Waals surface area contributed by atoms with Gasteiger partial charge in [0, 0.05) is 12.0 Å². The molecule has 1 aromatic heterocycles. The van der Waals surface area contributed by atoms with E-state index in [1.165, 1.54) is 6.92 Å². The predicted octanol–water partition coefficient (Wildman–Crippen LogP) is 4.67. The van der Waals surface area contributed by atoms with Gasteiger partial charge < -0.3 is 9.30 Å². The van der Waals surface area contributed by atoms with Crippen LogP contribution in [0.5, 0.6) is 5.75 Å². The first kappa shape index (κ1) is 20.1. The third kappa shape index (κ3) is 4.32. The summed E-state index contributed by atoms with van der Waals surface area (Å²) in [5.74, 6) is 1.88. The van der Waals surface area contributed by atoms with Gasteiger partial charge in [0.25, 0.3) is 0 Å². The van der Waals surface area contributed by atoms with Crippen molar-refractivity contribution in [2.45, 2.75) is 59.9 Å². The second kappa shape index (κ2) is 8.97. The molecule has 5 nitrogen and oxygen atoms in total. The Balaban J connectivity index is 0.00000117. The van der Waals surface area contributed by atoms with Gasteiger partial charge in [-0.25, -0.2) is 4.98 Å². The Morgan fingerprint density at radius 3 is 2.42 bits per heavy atom. The van der Waals surface area contributed by atoms with Crippen molar-refractivity contribution in [3.05, 3.63) is 24.0 Å². The molecule has 0 amide bonds. The van der Waals surface area contributed by atoms with Gasteiger partial charge in [-0.2, -0.15) is 0 Å². The van der Waals surface area contributed by atoms with E-state index in [1.807, 2.05) is 32.0 Å². The minimum absolute atomic E-state index is 0.00318. The second-order valence-electron chi connectivity index (χ2n) is 6.90. The maximum Gasteiger partial charge on any atom is 0.201 e. The Bertz CT molecular complexity index is 771. The number of rotatable bonds is 5. The number of ether oxygens (including phenoxy) is 1. The molecule has 0 N–H and O–H groups in total. The standard InChI is InChI=1S/C19H24N2O3.C2H6/c1-12-4-6-14(7-5-12)18(23)19-20-16-9-8-15(24-3)10-17(16)21(19)11-13(2)22;1-2/h8-10,12,14H,4-7,11H2,1-3H3;1-2H3. The van der Waals surface area contributed by atoms with Gasteiger partial charge in [-0.15, -0.1) is 0 Å². The van der Waals surface area contributed by atoms with Gasteiger partial charge >= 0.3 is 0 Å². The third-order valence-corrected chi connectivity index (χ3v) is 4.94. The first-order chi connectivity index (χ1) is 12.5. The van der Waals surface area contributed by atoms with Gasteiger partial charge in [-0.1, -0.05) is 33.6 Å². The van der Waals surface area contributed by atoms with Crippen LogP contribution in [-0.4, -0.2) is 28.2 Å². The van der Waals surface area contributed by atoms with Crippen LogP contribution >= 0.6 is 0 Å². The molecule has 5 heteroatoms. The molecular formula is C21H30N2O3. The number of aromatic nitrogens is 2. The van der Waals surface area contributed by atoms with E-state index >= 15 is 0 Å². The first-order valence-electron chi connectivity index (χ1n) is 9.57. The predicted molar refractivity (Wildman–Crippen MR) is 104 cm³/mol. The van der Waals surface area contributed by atoms with Crippen molar-refractivity contribution in [2.75, 3.05) is 7.11 Å². The van der Waals surface area contributed by atoms with Crippen LogP contribution in [0.3, 0.4) is 0 Å². The molecule has 0 aliphatic heterocycles. The molecule has 0 saturated heterocycles. The number of hydrogen-bond acceptors (Lipinski definition) is 4. The molecule has 0 unspecified atom stereocenters. The highest BCUT2D eigenvalue weighted by molar-refractivity contribution is 5.99. The van der Waals surface area contributed by atoms with Gasteiger partial charge in [0.05, 0.1) is 24.7 Å². The second-order valence-corrected chi connectivity index (χ2v) is 6.90. The zero-order valence-electron chi connectivity index (χ0n) is 16.5. The van der Waals surface area contributed by atoms with Crippen molar-refractivity contribution in [1.29, 1.82) is 0 Å². The van der Waals surface area contributed by atoms with Crippen molar-refractivity contribution >= 4 is 22.6 Å². The Labute approximate surface area is 155 Å². The number of methoxy groups -OCH3 is 1. The van der Waals surface area contributed by atoms with Crippen LogP contribution in [0.1, 0.15) is 64.0 Å². The minimum Gasteiger partial charge on any atom is -0.497 e. The lowest BCUT2D eigenvalue weighted by atomic mass is 9.81. The number of hydrogen-bond donors (Lipinski definition) is 0. The summed E-state index contributed by atoms with van der Waals surface area (Å²) in [6.45, 7) is 7.92. The van der Waals surface area contributed by atoms with Crippen molar-refractivity contribution in [1.82, 2.24) is 9.55 Å². The smallest absolute Gasteiger partial charge is 0.201 e. The molecule has 26 heavy (non-hydrogen) atoms. The summed E-state index contributed by atoms with van der Waals surface area (Å²) in [5, 5.41) is 0. The number of Topliss-reactive ketones (excluding diaryl/α,β-unsaturated/α-hetero) is 2. The van der Waals surface area contributed by atoms with E-state index in [0.29, 0.717) is 17.5 Å². The number of carbonyl (C=O) groups is 2. The molecule has 1 heterocycles. The Morgan fingerprint density at radius 1 is 1.19 bits per heavy atom. The molecule has 1 aliphatic rings. The lowest BCUT2D eigenvalue weighted by Crippen LogP contribution is -2.24. The highest BCUT2D eigenvalue weighted by Gasteiger charge is 2.29. The topological polar surface area (TPSA) is 61.2 Å². The largest absolute Gasteiger partial charge is 0.497 e. The van der Waals surface area contributed by atoms with Crippen LogP contribution in [0.25, 0.3) is 11.0 Å². The molecule has 1 aliphatic carbocycles. The number of imidazole rings is 1. The van der Waals surface area contributed by atoms with E-state index in [2.05, 4.69) is 11.9 Å². The number of benzene rings is 1. The van der Waals surface area contributed by atoms with E-state index in [4.69, 9.17) is 4.74 Å². The molecule has 1 saturated carbocycles. The molecule has 2 aromatic rings. The summed E-state index contributed by atoms with van der Waals surface area (Å²) in [5.41, 5.74) is 1.50. The van der Waals surface area contributed by atoms with Crippen LogP contribution in [-0.2, 0) is 11.3 Å². The Kier molecular flexibility index (Phi) is 6.95. The summed E-state index contributed by atoms with van der Waals surface area (Å²) < 4.78 is 7.02. The van der Waals surface area contributed by atoms with Gasteiger partial charge in [0.2, 0.25) is 5.78 Å². The lowest BCUT2D eigenvalue weighted by molar-refractivity contribution is -0.117. The monoisotopic (exact) mass is 358 g/mol. The summed E-state index contributed by atoms with van der Waals surface area (Å²) in [7, 11) is 1.60. The molecule has 142 valence electrons. The highest BCUT2D eigenvalue weighted by atomic mass is 16.5. The maximum absolute atomic E-state index is 13.0. The third-order valence-electron chi connectivity index (χ3n) is 4.94. The normalized spacial score (nSPS) is 19.6. The van der Waals surface area contributed by atoms with E-state index < -0.39 is 0 Å². The van der Waals surface area contributed by atoms with Crippen molar-refractivity contribution in [3.63, 3.8) is 0 Å². The van der Waals surface area contributed by atoms with E-state index in [-0.39, 0.29) is 24.0 Å². The summed E-state index contributed by atoms with van der Waals surface area (Å²) in [4.78, 5) is 29.3. The van der Waals surface area contributed by atoms with E-state index in [1.54, 1.807) is 11.7 Å². The summed E-state index contributed by atoms with van der Waals surface area (Å²) >= 11 is 0. The van der Waals surface area contributed by atoms with E-state index in [0.717, 1.165) is 36.7 Å². The van der Waals surface area contributed by atoms with Crippen molar-refractivity contribution in [2.24, 2.45) is 11.8 Å². The zero-order chi connectivity index (χ0) is 19.3. The van der Waals surface area contributed by atoms with Crippen LogP contribution < -0.4 is 4.74 Å². The van der Waals surface area contributed by atoms with Gasteiger partial charge in [0.15, 0.2) is 5.82 Å². The average molecular weight is 358 g/mol. The van der Waals surface area contributed by atoms with Crippen LogP contribution in [0.2, 0.25) is 0 Å². The fourth-order valence-electron chi connectivity index (χ4n) is 3.51. The highest BCUT2D eigenvalue weighted by Crippen LogP contribution is 2.31. The quantitative estimate of drug-likeness (QED) is 0.729. The number of carbonyl (C=O) groups excluding carboxylic acids is 2. The molecule has 3 rings (SSSR count). The molecule has 0 spiro atoms. The summed E-state index contributed by atoms with van der Waals surface area (Å²) in [6, 6.07) is 5.50. The maximum atomic E-state index is 13.0. The average Bonchev–Trinajstić information content (AvgIpc) is 3.00. The Hall–Kier alpha value is -2.17. The number of nitrogens with zero attached hydrogens (tertiary/aromatic N) is 2. The molecule has 0 atom stereocenters. The first-order valence-corrected chi connectivity index (χ1v) is 9.57. The van der Waals surface area contributed by atoms with Crippen LogP contribution in [0.15, 0.2) is 18.2 Å². The lowest BCUT2D eigenvalue weighted by Gasteiger charge is -2.24. The summed E-state index contributed by atoms with van der Waals surface area (Å²) in [6.07, 6.45) is 3.98. The molecule has 1 aromatic carbocycles. The van der Waals surface area contributed by atoms with Crippen LogP contribution in [0, 0.1) is 11.8 Å². The fourth-order valence-corrected chi connectivity index (χ4v) is 3.51. The number of ketones is 2. The van der Waals surface area contributed by atoms with Crippen molar-refractivity contribution < 1.29 is 14.3 Å². The SMILES string of the molecule is CC.COc1ccc2nc(C(=O)C3CCC(C)CC3)n(CC(C)=O)c2c1. The zero-order valence-corrected chi connectivity index (χ0v) is 16.5. The van der Waals surface area contributed by atoms with Gasteiger partial charge in [0.1, 0.15) is 11.5 Å². The fraction of sp³-hybridized carbons (Fsp3) is 0.571. The molecule has 1 fully saturated rings. The molecular weight excluding hydrogens is 328 g/mol. The van der Waals surface area contributed by atoms with Crippen molar-refractivity contribution in [3.8, 4) is 5.75 Å². The van der Waals surface area contributed by atoms with Crippen LogP contribution in [0.4, 0.5) is 0 Å². The van der Waals surface area contributed by atoms with Gasteiger partial charge in [-0.3, -0.25) is 9.59 Å². The number of fused-ring (bicyclic) bond motifs is 1. The van der Waals surface area contributed by atoms with Gasteiger partial charge in [-0.05, 0) is 37.8 Å². The van der Waals surface area contributed by atoms with E-state index in [9.17, 15) is 9.59 Å².